The molecular weight excluding hydrogens is 388 g/mol. The monoisotopic (exact) mass is 412 g/mol. The van der Waals surface area contributed by atoms with Gasteiger partial charge in [0.2, 0.25) is 15.9 Å². The fourth-order valence-corrected chi connectivity index (χ4v) is 5.84. The molecule has 4 rings (SSSR count). The fourth-order valence-electron chi connectivity index (χ4n) is 4.42. The van der Waals surface area contributed by atoms with Crippen molar-refractivity contribution in [1.29, 1.82) is 0 Å². The summed E-state index contributed by atoms with van der Waals surface area (Å²) in [6, 6.07) is 15.6. The van der Waals surface area contributed by atoms with E-state index < -0.39 is 10.0 Å². The van der Waals surface area contributed by atoms with Gasteiger partial charge in [-0.25, -0.2) is 8.42 Å². The topological polar surface area (TPSA) is 77.9 Å². The van der Waals surface area contributed by atoms with Crippen molar-refractivity contribution in [1.82, 2.24) is 9.21 Å². The van der Waals surface area contributed by atoms with Crippen molar-refractivity contribution < 1.29 is 18.3 Å². The number of piperazine rings is 1. The molecule has 2 saturated heterocycles. The summed E-state index contributed by atoms with van der Waals surface area (Å²) in [5.74, 6) is -0.362. The van der Waals surface area contributed by atoms with E-state index in [1.54, 1.807) is 35.2 Å². The van der Waals surface area contributed by atoms with Crippen molar-refractivity contribution in [2.45, 2.75) is 29.8 Å². The van der Waals surface area contributed by atoms with Crippen molar-refractivity contribution in [3.8, 4) is 0 Å². The van der Waals surface area contributed by atoms with Crippen LogP contribution in [-0.4, -0.2) is 60.4 Å². The molecule has 0 radical (unpaired) electrons. The SMILES string of the molecule is C/C=C/c1ccc([C@@H]2[C@@H](CO)N3C(=O)CN(S(=O)(=O)c4ccccc4)C[C@H]23)cc1. The Labute approximate surface area is 171 Å². The molecule has 2 fully saturated rings. The molecule has 2 aromatic carbocycles. The third-order valence-electron chi connectivity index (χ3n) is 5.78. The average Bonchev–Trinajstić information content (AvgIpc) is 2.71. The molecule has 152 valence electrons. The van der Waals surface area contributed by atoms with Crippen LogP contribution in [0.2, 0.25) is 0 Å². The quantitative estimate of drug-likeness (QED) is 0.816. The zero-order valence-corrected chi connectivity index (χ0v) is 17.0. The Morgan fingerprint density at radius 1 is 1.10 bits per heavy atom. The van der Waals surface area contributed by atoms with Crippen LogP contribution < -0.4 is 0 Å². The first-order valence-electron chi connectivity index (χ1n) is 9.67. The van der Waals surface area contributed by atoms with Gasteiger partial charge >= 0.3 is 0 Å². The number of sulfonamides is 1. The molecular formula is C22H24N2O4S. The van der Waals surface area contributed by atoms with E-state index in [1.165, 1.54) is 4.31 Å². The third kappa shape index (κ3) is 3.39. The van der Waals surface area contributed by atoms with E-state index in [0.717, 1.165) is 11.1 Å². The van der Waals surface area contributed by atoms with E-state index in [0.29, 0.717) is 0 Å². The van der Waals surface area contributed by atoms with Crippen LogP contribution in [0.5, 0.6) is 0 Å². The van der Waals surface area contributed by atoms with Crippen molar-refractivity contribution in [3.63, 3.8) is 0 Å². The van der Waals surface area contributed by atoms with Crippen molar-refractivity contribution >= 4 is 22.0 Å². The number of hydrogen-bond acceptors (Lipinski definition) is 4. The second-order valence-corrected chi connectivity index (χ2v) is 9.36. The van der Waals surface area contributed by atoms with E-state index in [4.69, 9.17) is 0 Å². The van der Waals surface area contributed by atoms with Crippen LogP contribution in [0.4, 0.5) is 0 Å². The molecule has 2 heterocycles. The highest BCUT2D eigenvalue weighted by atomic mass is 32.2. The maximum Gasteiger partial charge on any atom is 0.243 e. The number of rotatable bonds is 5. The number of hydrogen-bond donors (Lipinski definition) is 1. The summed E-state index contributed by atoms with van der Waals surface area (Å²) < 4.78 is 27.3. The molecule has 1 amide bonds. The number of amides is 1. The second kappa shape index (κ2) is 7.74. The molecule has 0 aliphatic carbocycles. The highest BCUT2D eigenvalue weighted by Gasteiger charge is 2.55. The number of aliphatic hydroxyl groups excluding tert-OH is 1. The van der Waals surface area contributed by atoms with Gasteiger partial charge in [0, 0.05) is 12.5 Å². The Balaban J connectivity index is 1.62. The van der Waals surface area contributed by atoms with Gasteiger partial charge in [-0.1, -0.05) is 54.6 Å². The molecule has 2 aromatic rings. The van der Waals surface area contributed by atoms with Gasteiger partial charge in [-0.3, -0.25) is 4.79 Å². The number of allylic oxidation sites excluding steroid dienone is 1. The largest absolute Gasteiger partial charge is 0.394 e. The molecule has 0 unspecified atom stereocenters. The normalized spacial score (nSPS) is 25.1. The summed E-state index contributed by atoms with van der Waals surface area (Å²) in [6.45, 7) is 1.84. The van der Waals surface area contributed by atoms with E-state index in [9.17, 15) is 18.3 Å². The summed E-state index contributed by atoms with van der Waals surface area (Å²) in [5.41, 5.74) is 2.08. The lowest BCUT2D eigenvalue weighted by atomic mass is 9.74. The highest BCUT2D eigenvalue weighted by molar-refractivity contribution is 7.89. The summed E-state index contributed by atoms with van der Waals surface area (Å²) in [4.78, 5) is 14.6. The summed E-state index contributed by atoms with van der Waals surface area (Å²) in [5, 5.41) is 9.88. The van der Waals surface area contributed by atoms with Crippen molar-refractivity contribution in [3.05, 3.63) is 71.8 Å². The van der Waals surface area contributed by atoms with Crippen LogP contribution in [0.3, 0.4) is 0 Å². The molecule has 2 aliphatic heterocycles. The standard InChI is InChI=1S/C22H24N2O4S/c1-2-6-16-9-11-17(12-10-16)22-19-13-23(14-21(26)24(19)20(22)15-25)29(27,28)18-7-4-3-5-8-18/h2-12,19-20,22,25H,13-15H2,1H3/b6-2+/t19-,20-,22+/m1/s1. The minimum absolute atomic E-state index is 0.0996. The van der Waals surface area contributed by atoms with Crippen LogP contribution >= 0.6 is 0 Å². The zero-order valence-electron chi connectivity index (χ0n) is 16.2. The number of carbonyl (C=O) groups is 1. The number of benzene rings is 2. The van der Waals surface area contributed by atoms with E-state index in [-0.39, 0.29) is 48.5 Å². The minimum Gasteiger partial charge on any atom is -0.394 e. The Hall–Kier alpha value is -2.48. The fraction of sp³-hybridized carbons (Fsp3) is 0.318. The molecule has 0 bridgehead atoms. The van der Waals surface area contributed by atoms with Crippen LogP contribution in [-0.2, 0) is 14.8 Å². The number of carbonyl (C=O) groups excluding carboxylic acids is 1. The summed E-state index contributed by atoms with van der Waals surface area (Å²) in [7, 11) is -3.75. The van der Waals surface area contributed by atoms with Crippen LogP contribution in [0.25, 0.3) is 6.08 Å². The third-order valence-corrected chi connectivity index (χ3v) is 7.61. The first kappa shape index (κ1) is 19.8. The Kier molecular flexibility index (Phi) is 5.29. The first-order valence-corrected chi connectivity index (χ1v) is 11.1. The number of fused-ring (bicyclic) bond motifs is 1. The lowest BCUT2D eigenvalue weighted by molar-refractivity contribution is -0.158. The molecule has 0 aromatic heterocycles. The Bertz CT molecular complexity index is 1020. The summed E-state index contributed by atoms with van der Waals surface area (Å²) in [6.07, 6.45) is 3.96. The number of nitrogens with zero attached hydrogens (tertiary/aromatic N) is 2. The molecule has 0 saturated carbocycles. The van der Waals surface area contributed by atoms with Gasteiger partial charge in [-0.05, 0) is 30.2 Å². The van der Waals surface area contributed by atoms with E-state index in [1.807, 2.05) is 43.3 Å². The maximum atomic E-state index is 13.0. The molecule has 2 aliphatic rings. The van der Waals surface area contributed by atoms with Crippen LogP contribution in [0.1, 0.15) is 24.0 Å². The first-order chi connectivity index (χ1) is 14.0. The minimum atomic E-state index is -3.75. The van der Waals surface area contributed by atoms with Gasteiger partial charge in [0.25, 0.3) is 0 Å². The number of aliphatic hydroxyl groups is 1. The Morgan fingerprint density at radius 2 is 1.79 bits per heavy atom. The molecule has 3 atom stereocenters. The van der Waals surface area contributed by atoms with Gasteiger partial charge in [0.1, 0.15) is 0 Å². The maximum absolute atomic E-state index is 13.0. The van der Waals surface area contributed by atoms with Gasteiger partial charge in [0.15, 0.2) is 0 Å². The predicted molar refractivity (Wildman–Crippen MR) is 111 cm³/mol. The van der Waals surface area contributed by atoms with Crippen molar-refractivity contribution in [2.75, 3.05) is 19.7 Å². The van der Waals surface area contributed by atoms with E-state index in [2.05, 4.69) is 0 Å². The molecule has 29 heavy (non-hydrogen) atoms. The smallest absolute Gasteiger partial charge is 0.243 e. The summed E-state index contributed by atoms with van der Waals surface area (Å²) >= 11 is 0. The molecule has 1 N–H and O–H groups in total. The van der Waals surface area contributed by atoms with Crippen LogP contribution in [0.15, 0.2) is 65.6 Å². The molecule has 7 heteroatoms. The van der Waals surface area contributed by atoms with Gasteiger partial charge in [0.05, 0.1) is 30.1 Å². The average molecular weight is 413 g/mol. The van der Waals surface area contributed by atoms with Gasteiger partial charge in [-0.2, -0.15) is 4.31 Å². The Morgan fingerprint density at radius 3 is 2.41 bits per heavy atom. The molecule has 6 nitrogen and oxygen atoms in total. The van der Waals surface area contributed by atoms with Crippen molar-refractivity contribution in [2.24, 2.45) is 0 Å². The van der Waals surface area contributed by atoms with Crippen LogP contribution in [0, 0.1) is 0 Å². The highest BCUT2D eigenvalue weighted by Crippen LogP contribution is 2.43. The lowest BCUT2D eigenvalue weighted by Crippen LogP contribution is -2.73. The second-order valence-electron chi connectivity index (χ2n) is 7.42. The van der Waals surface area contributed by atoms with E-state index >= 15 is 0 Å². The zero-order chi connectivity index (χ0) is 20.6. The lowest BCUT2D eigenvalue weighted by Gasteiger charge is -2.58. The predicted octanol–water partition coefficient (Wildman–Crippen LogP) is 2.08. The molecule has 0 spiro atoms. The van der Waals surface area contributed by atoms with Gasteiger partial charge in [-0.15, -0.1) is 0 Å². The van der Waals surface area contributed by atoms with Gasteiger partial charge < -0.3 is 10.0 Å².